The quantitative estimate of drug-likeness (QED) is 0.875. The minimum absolute atomic E-state index is 0.0336. The minimum atomic E-state index is -0.0336. The van der Waals surface area contributed by atoms with E-state index in [0.717, 1.165) is 11.6 Å². The van der Waals surface area contributed by atoms with Gasteiger partial charge in [-0.05, 0) is 42.9 Å². The summed E-state index contributed by atoms with van der Waals surface area (Å²) >= 11 is 0. The minimum Gasteiger partial charge on any atom is -0.382 e. The van der Waals surface area contributed by atoms with Gasteiger partial charge in [0, 0.05) is 24.3 Å². The summed E-state index contributed by atoms with van der Waals surface area (Å²) in [5.41, 5.74) is 1.76. The van der Waals surface area contributed by atoms with E-state index < -0.39 is 0 Å². The van der Waals surface area contributed by atoms with E-state index in [0.29, 0.717) is 17.5 Å². The average molecular weight is 260 g/mol. The fourth-order valence-electron chi connectivity index (χ4n) is 2.84. The average Bonchev–Trinajstić information content (AvgIpc) is 2.42. The van der Waals surface area contributed by atoms with Crippen molar-refractivity contribution in [2.45, 2.75) is 39.2 Å². The number of amides is 1. The van der Waals surface area contributed by atoms with Gasteiger partial charge in [0.1, 0.15) is 0 Å². The summed E-state index contributed by atoms with van der Waals surface area (Å²) in [5, 5.41) is 6.26. The number of nitrogens with one attached hydrogen (secondary N) is 2. The molecule has 0 radical (unpaired) electrons. The lowest BCUT2D eigenvalue weighted by Crippen LogP contribution is -2.33. The second-order valence-electron chi connectivity index (χ2n) is 5.81. The van der Waals surface area contributed by atoms with Crippen molar-refractivity contribution in [3.63, 3.8) is 0 Å². The first-order valence-electron chi connectivity index (χ1n) is 7.19. The van der Waals surface area contributed by atoms with Gasteiger partial charge in [-0.3, -0.25) is 4.79 Å². The van der Waals surface area contributed by atoms with Crippen LogP contribution in [0, 0.1) is 11.8 Å². The maximum absolute atomic E-state index is 11.6. The molecule has 2 N–H and O–H groups in total. The number of carbonyl (C=O) groups excluding carboxylic acids is 1. The molecule has 1 aromatic carbocycles. The lowest BCUT2D eigenvalue weighted by molar-refractivity contribution is 0.0963. The van der Waals surface area contributed by atoms with Crippen LogP contribution in [0.4, 0.5) is 5.69 Å². The van der Waals surface area contributed by atoms with E-state index in [9.17, 15) is 4.79 Å². The third-order valence-corrected chi connectivity index (χ3v) is 4.16. The van der Waals surface area contributed by atoms with Crippen molar-refractivity contribution in [1.82, 2.24) is 5.32 Å². The van der Waals surface area contributed by atoms with Gasteiger partial charge >= 0.3 is 0 Å². The number of rotatable bonds is 3. The van der Waals surface area contributed by atoms with Gasteiger partial charge in [-0.25, -0.2) is 0 Å². The van der Waals surface area contributed by atoms with Crippen molar-refractivity contribution < 1.29 is 4.79 Å². The van der Waals surface area contributed by atoms with E-state index in [-0.39, 0.29) is 5.91 Å². The molecule has 104 valence electrons. The largest absolute Gasteiger partial charge is 0.382 e. The maximum atomic E-state index is 11.6. The molecule has 2 rings (SSSR count). The summed E-state index contributed by atoms with van der Waals surface area (Å²) in [4.78, 5) is 11.6. The number of anilines is 1. The van der Waals surface area contributed by atoms with Gasteiger partial charge in [-0.15, -0.1) is 0 Å². The van der Waals surface area contributed by atoms with E-state index >= 15 is 0 Å². The maximum Gasteiger partial charge on any atom is 0.251 e. The lowest BCUT2D eigenvalue weighted by Gasteiger charge is -2.34. The molecule has 1 amide bonds. The number of hydrogen-bond acceptors (Lipinski definition) is 2. The van der Waals surface area contributed by atoms with Crippen LogP contribution in [0.25, 0.3) is 0 Å². The van der Waals surface area contributed by atoms with Gasteiger partial charge in [0.2, 0.25) is 0 Å². The molecule has 0 aromatic heterocycles. The molecule has 1 aliphatic carbocycles. The highest BCUT2D eigenvalue weighted by molar-refractivity contribution is 5.94. The Morgan fingerprint density at radius 2 is 2.05 bits per heavy atom. The summed E-state index contributed by atoms with van der Waals surface area (Å²) in [6.07, 6.45) is 3.83. The fraction of sp³-hybridized carbons (Fsp3) is 0.562. The summed E-state index contributed by atoms with van der Waals surface area (Å²) < 4.78 is 0. The Bertz CT molecular complexity index is 444. The van der Waals surface area contributed by atoms with Crippen LogP contribution in [0.1, 0.15) is 43.5 Å². The van der Waals surface area contributed by atoms with Crippen LogP contribution < -0.4 is 10.6 Å². The summed E-state index contributed by atoms with van der Waals surface area (Å²) in [5.74, 6) is 1.45. The van der Waals surface area contributed by atoms with E-state index in [1.807, 2.05) is 24.3 Å². The molecule has 3 heteroatoms. The summed E-state index contributed by atoms with van der Waals surface area (Å²) in [6, 6.07) is 8.27. The van der Waals surface area contributed by atoms with Gasteiger partial charge in [-0.1, -0.05) is 26.3 Å². The Morgan fingerprint density at radius 1 is 1.26 bits per heavy atom. The van der Waals surface area contributed by atoms with Crippen LogP contribution in [0.5, 0.6) is 0 Å². The molecule has 0 spiro atoms. The van der Waals surface area contributed by atoms with E-state index in [1.54, 1.807) is 7.05 Å². The Labute approximate surface area is 115 Å². The highest BCUT2D eigenvalue weighted by atomic mass is 16.1. The molecular formula is C16H24N2O. The van der Waals surface area contributed by atoms with Crippen LogP contribution >= 0.6 is 0 Å². The lowest BCUT2D eigenvalue weighted by atomic mass is 9.80. The molecule has 1 saturated carbocycles. The molecule has 1 aromatic rings. The van der Waals surface area contributed by atoms with Crippen LogP contribution in [0.15, 0.2) is 24.3 Å². The molecule has 1 aliphatic rings. The predicted octanol–water partition coefficient (Wildman–Crippen LogP) is 3.28. The molecule has 1 fully saturated rings. The number of hydrogen-bond donors (Lipinski definition) is 2. The number of carbonyl (C=O) groups is 1. The third-order valence-electron chi connectivity index (χ3n) is 4.16. The van der Waals surface area contributed by atoms with Crippen molar-refractivity contribution in [2.75, 3.05) is 12.4 Å². The first-order valence-corrected chi connectivity index (χ1v) is 7.19. The Kier molecular flexibility index (Phi) is 4.46. The molecule has 3 nitrogen and oxygen atoms in total. The van der Waals surface area contributed by atoms with Crippen LogP contribution in [-0.2, 0) is 0 Å². The standard InChI is InChI=1S/C16H24N2O/c1-11-7-8-12(2)15(9-11)18-14-6-4-5-13(10-14)16(19)17-3/h4-6,10-12,15,18H,7-9H2,1-3H3,(H,17,19). The monoisotopic (exact) mass is 260 g/mol. The van der Waals surface area contributed by atoms with Crippen molar-refractivity contribution in [3.8, 4) is 0 Å². The zero-order chi connectivity index (χ0) is 13.8. The Balaban J connectivity index is 2.08. The highest BCUT2D eigenvalue weighted by Gasteiger charge is 2.25. The van der Waals surface area contributed by atoms with Crippen LogP contribution in [0.3, 0.4) is 0 Å². The first-order chi connectivity index (χ1) is 9.10. The molecule has 3 unspecified atom stereocenters. The smallest absolute Gasteiger partial charge is 0.251 e. The van der Waals surface area contributed by atoms with E-state index in [1.165, 1.54) is 19.3 Å². The van der Waals surface area contributed by atoms with Gasteiger partial charge in [-0.2, -0.15) is 0 Å². The molecule has 19 heavy (non-hydrogen) atoms. The number of benzene rings is 1. The van der Waals surface area contributed by atoms with Gasteiger partial charge in [0.25, 0.3) is 5.91 Å². The summed E-state index contributed by atoms with van der Waals surface area (Å²) in [7, 11) is 1.66. The molecular weight excluding hydrogens is 236 g/mol. The zero-order valence-corrected chi connectivity index (χ0v) is 12.1. The Hall–Kier alpha value is -1.51. The van der Waals surface area contributed by atoms with Crippen molar-refractivity contribution in [3.05, 3.63) is 29.8 Å². The van der Waals surface area contributed by atoms with E-state index in [4.69, 9.17) is 0 Å². The molecule has 0 aliphatic heterocycles. The fourth-order valence-corrected chi connectivity index (χ4v) is 2.84. The van der Waals surface area contributed by atoms with Gasteiger partial charge in [0.05, 0.1) is 0 Å². The molecule has 0 bridgehead atoms. The van der Waals surface area contributed by atoms with Crippen molar-refractivity contribution >= 4 is 11.6 Å². The SMILES string of the molecule is CNC(=O)c1cccc(NC2CC(C)CCC2C)c1. The topological polar surface area (TPSA) is 41.1 Å². The first kappa shape index (κ1) is 13.9. The van der Waals surface area contributed by atoms with Crippen LogP contribution in [0.2, 0.25) is 0 Å². The molecule has 0 heterocycles. The summed E-state index contributed by atoms with van der Waals surface area (Å²) in [6.45, 7) is 4.63. The highest BCUT2D eigenvalue weighted by Crippen LogP contribution is 2.30. The second-order valence-corrected chi connectivity index (χ2v) is 5.81. The predicted molar refractivity (Wildman–Crippen MR) is 79.4 cm³/mol. The molecule has 3 atom stereocenters. The zero-order valence-electron chi connectivity index (χ0n) is 12.1. The van der Waals surface area contributed by atoms with Crippen LogP contribution in [-0.4, -0.2) is 19.0 Å². The van der Waals surface area contributed by atoms with Gasteiger partial charge < -0.3 is 10.6 Å². The third kappa shape index (κ3) is 3.49. The normalized spacial score (nSPS) is 26.8. The Morgan fingerprint density at radius 3 is 2.79 bits per heavy atom. The molecule has 0 saturated heterocycles. The van der Waals surface area contributed by atoms with Crippen molar-refractivity contribution in [2.24, 2.45) is 11.8 Å². The van der Waals surface area contributed by atoms with Crippen molar-refractivity contribution in [1.29, 1.82) is 0 Å². The van der Waals surface area contributed by atoms with E-state index in [2.05, 4.69) is 24.5 Å². The second kappa shape index (κ2) is 6.09. The van der Waals surface area contributed by atoms with Gasteiger partial charge in [0.15, 0.2) is 0 Å².